The van der Waals surface area contributed by atoms with E-state index in [1.165, 1.54) is 4.09 Å². The monoisotopic (exact) mass is 172 g/mol. The lowest BCUT2D eigenvalue weighted by Crippen LogP contribution is -2.09. The van der Waals surface area contributed by atoms with Crippen LogP contribution in [0.3, 0.4) is 0 Å². The highest BCUT2D eigenvalue weighted by Crippen LogP contribution is 2.09. The molecule has 1 aromatic rings. The van der Waals surface area contributed by atoms with Gasteiger partial charge in [0.1, 0.15) is 0 Å². The molecule has 0 spiro atoms. The van der Waals surface area contributed by atoms with Gasteiger partial charge in [-0.25, -0.2) is 4.09 Å². The van der Waals surface area contributed by atoms with E-state index in [0.29, 0.717) is 5.88 Å². The fraction of sp³-hybridized carbons (Fsp3) is 0.571. The highest BCUT2D eigenvalue weighted by Gasteiger charge is 2.02. The van der Waals surface area contributed by atoms with Gasteiger partial charge in [0.15, 0.2) is 0 Å². The molecule has 0 saturated carbocycles. The van der Waals surface area contributed by atoms with Gasteiger partial charge in [-0.05, 0) is 26.2 Å². The number of nitrogens with zero attached hydrogens (tertiary/aromatic N) is 2. The van der Waals surface area contributed by atoms with E-state index >= 15 is 0 Å². The van der Waals surface area contributed by atoms with E-state index in [4.69, 9.17) is 4.74 Å². The molecule has 0 radical (unpaired) electrons. The largest absolute Gasteiger partial charge is 0.474 e. The second-order valence-electron chi connectivity index (χ2n) is 2.41. The molecule has 0 fully saturated rings. The smallest absolute Gasteiger partial charge is 0.234 e. The summed E-state index contributed by atoms with van der Waals surface area (Å²) in [7, 11) is 0. The second-order valence-corrected chi connectivity index (χ2v) is 2.82. The first-order chi connectivity index (χ1) is 5.22. The van der Waals surface area contributed by atoms with Crippen LogP contribution in [0, 0.1) is 0 Å². The molecule has 1 atom stereocenters. The van der Waals surface area contributed by atoms with Gasteiger partial charge in [0.25, 0.3) is 0 Å². The predicted octanol–water partition coefficient (Wildman–Crippen LogP) is 1.75. The van der Waals surface area contributed by atoms with Crippen LogP contribution in [0.4, 0.5) is 0 Å². The molecule has 1 heterocycles. The minimum absolute atomic E-state index is 0.221. The average Bonchev–Trinajstić information content (AvgIpc) is 2.35. The molecule has 3 nitrogen and oxygen atoms in total. The molecule has 0 saturated heterocycles. The van der Waals surface area contributed by atoms with Crippen molar-refractivity contribution >= 4 is 12.8 Å². The van der Waals surface area contributed by atoms with Crippen LogP contribution < -0.4 is 4.74 Å². The SMILES string of the molecule is CC[C@@H](C)Oc1ccn(S)n1. The summed E-state index contributed by atoms with van der Waals surface area (Å²) in [5, 5.41) is 3.96. The normalized spacial score (nSPS) is 13.0. The Balaban J connectivity index is 2.50. The Labute approximate surface area is 71.9 Å². The van der Waals surface area contributed by atoms with E-state index in [1.54, 1.807) is 12.3 Å². The zero-order valence-corrected chi connectivity index (χ0v) is 7.58. The van der Waals surface area contributed by atoms with Crippen molar-refractivity contribution in [1.29, 1.82) is 0 Å². The van der Waals surface area contributed by atoms with Crippen molar-refractivity contribution in [3.8, 4) is 5.88 Å². The van der Waals surface area contributed by atoms with Crippen LogP contribution in [0.1, 0.15) is 20.3 Å². The Hall–Kier alpha value is -0.640. The van der Waals surface area contributed by atoms with Gasteiger partial charge in [0.05, 0.1) is 6.10 Å². The first-order valence-corrected chi connectivity index (χ1v) is 4.04. The molecule has 11 heavy (non-hydrogen) atoms. The maximum absolute atomic E-state index is 5.40. The van der Waals surface area contributed by atoms with Crippen molar-refractivity contribution in [2.75, 3.05) is 0 Å². The van der Waals surface area contributed by atoms with Crippen LogP contribution in [0.2, 0.25) is 0 Å². The van der Waals surface area contributed by atoms with Crippen LogP contribution in [-0.2, 0) is 0 Å². The highest BCUT2D eigenvalue weighted by atomic mass is 32.1. The van der Waals surface area contributed by atoms with Crippen LogP contribution in [-0.4, -0.2) is 15.3 Å². The van der Waals surface area contributed by atoms with Gasteiger partial charge in [-0.3, -0.25) is 0 Å². The van der Waals surface area contributed by atoms with Crippen LogP contribution in [0.25, 0.3) is 0 Å². The van der Waals surface area contributed by atoms with E-state index < -0.39 is 0 Å². The third-order valence-electron chi connectivity index (χ3n) is 1.45. The number of thiol groups is 1. The quantitative estimate of drug-likeness (QED) is 0.703. The van der Waals surface area contributed by atoms with Gasteiger partial charge < -0.3 is 4.74 Å². The molecule has 0 aliphatic rings. The zero-order valence-electron chi connectivity index (χ0n) is 6.69. The number of aromatic nitrogens is 2. The van der Waals surface area contributed by atoms with Gasteiger partial charge in [0.2, 0.25) is 5.88 Å². The van der Waals surface area contributed by atoms with Crippen molar-refractivity contribution in [3.05, 3.63) is 12.3 Å². The first-order valence-electron chi connectivity index (χ1n) is 3.64. The summed E-state index contributed by atoms with van der Waals surface area (Å²) >= 11 is 3.98. The number of hydrogen-bond donors (Lipinski definition) is 1. The fourth-order valence-electron chi connectivity index (χ4n) is 0.650. The molecular formula is C7H12N2OS. The molecule has 1 aromatic heterocycles. The second kappa shape index (κ2) is 3.67. The van der Waals surface area contributed by atoms with Crippen molar-refractivity contribution in [3.63, 3.8) is 0 Å². The van der Waals surface area contributed by atoms with E-state index in [-0.39, 0.29) is 6.10 Å². The molecule has 0 aliphatic heterocycles. The first kappa shape index (κ1) is 8.46. The number of rotatable bonds is 3. The molecule has 0 unspecified atom stereocenters. The third kappa shape index (κ3) is 2.46. The summed E-state index contributed by atoms with van der Waals surface area (Å²) < 4.78 is 6.83. The summed E-state index contributed by atoms with van der Waals surface area (Å²) in [5.74, 6) is 0.634. The Morgan fingerprint density at radius 1 is 1.82 bits per heavy atom. The molecule has 0 amide bonds. The van der Waals surface area contributed by atoms with Crippen LogP contribution in [0.15, 0.2) is 12.3 Å². The summed E-state index contributed by atoms with van der Waals surface area (Å²) in [4.78, 5) is 0. The Morgan fingerprint density at radius 2 is 2.55 bits per heavy atom. The van der Waals surface area contributed by atoms with Crippen molar-refractivity contribution < 1.29 is 4.74 Å². The number of hydrogen-bond acceptors (Lipinski definition) is 3. The van der Waals surface area contributed by atoms with Crippen molar-refractivity contribution in [1.82, 2.24) is 9.19 Å². The minimum Gasteiger partial charge on any atom is -0.474 e. The van der Waals surface area contributed by atoms with Gasteiger partial charge in [0, 0.05) is 12.3 Å². The molecule has 0 aliphatic carbocycles. The Bertz CT molecular complexity index is 224. The van der Waals surface area contributed by atoms with E-state index in [1.807, 2.05) is 6.92 Å². The van der Waals surface area contributed by atoms with Crippen LogP contribution >= 0.6 is 12.8 Å². The van der Waals surface area contributed by atoms with Gasteiger partial charge >= 0.3 is 0 Å². The van der Waals surface area contributed by atoms with E-state index in [2.05, 4.69) is 24.8 Å². The summed E-state index contributed by atoms with van der Waals surface area (Å²) in [6.45, 7) is 4.08. The topological polar surface area (TPSA) is 27.1 Å². The lowest BCUT2D eigenvalue weighted by molar-refractivity contribution is 0.208. The average molecular weight is 172 g/mol. The maximum atomic E-state index is 5.40. The summed E-state index contributed by atoms with van der Waals surface area (Å²) in [5.41, 5.74) is 0. The summed E-state index contributed by atoms with van der Waals surface area (Å²) in [6.07, 6.45) is 2.94. The number of ether oxygens (including phenoxy) is 1. The van der Waals surface area contributed by atoms with Crippen molar-refractivity contribution in [2.45, 2.75) is 26.4 Å². The molecule has 62 valence electrons. The lowest BCUT2D eigenvalue weighted by atomic mass is 10.3. The van der Waals surface area contributed by atoms with E-state index in [0.717, 1.165) is 6.42 Å². The molecule has 0 aromatic carbocycles. The zero-order chi connectivity index (χ0) is 8.27. The lowest BCUT2D eigenvalue weighted by Gasteiger charge is -2.08. The minimum atomic E-state index is 0.221. The standard InChI is InChI=1S/C7H12N2OS/c1-3-6(2)10-7-4-5-9(11)8-7/h4-6,11H,3H2,1-2H3/t6-/m1/s1. The van der Waals surface area contributed by atoms with Crippen LogP contribution in [0.5, 0.6) is 5.88 Å². The van der Waals surface area contributed by atoms with Crippen molar-refractivity contribution in [2.24, 2.45) is 0 Å². The van der Waals surface area contributed by atoms with Gasteiger partial charge in [-0.2, -0.15) is 0 Å². The molecule has 0 N–H and O–H groups in total. The summed E-state index contributed by atoms with van der Waals surface area (Å²) in [6, 6.07) is 1.79. The fourth-order valence-corrected chi connectivity index (χ4v) is 0.805. The Morgan fingerprint density at radius 3 is 3.00 bits per heavy atom. The predicted molar refractivity (Wildman–Crippen MR) is 47.0 cm³/mol. The van der Waals surface area contributed by atoms with Gasteiger partial charge in [-0.1, -0.05) is 6.92 Å². The maximum Gasteiger partial charge on any atom is 0.234 e. The molecular weight excluding hydrogens is 160 g/mol. The Kier molecular flexibility index (Phi) is 2.82. The van der Waals surface area contributed by atoms with E-state index in [9.17, 15) is 0 Å². The third-order valence-corrected chi connectivity index (χ3v) is 1.67. The van der Waals surface area contributed by atoms with Gasteiger partial charge in [-0.15, -0.1) is 5.10 Å². The highest BCUT2D eigenvalue weighted by molar-refractivity contribution is 7.78. The molecule has 1 rings (SSSR count). The molecule has 4 heteroatoms. The molecule has 0 bridgehead atoms.